The smallest absolute Gasteiger partial charge is 0.253 e. The molecule has 0 spiro atoms. The predicted molar refractivity (Wildman–Crippen MR) is 77.2 cm³/mol. The molecule has 102 valence electrons. The topological polar surface area (TPSA) is 58.2 Å². The maximum atomic E-state index is 12.0. The van der Waals surface area contributed by atoms with Crippen molar-refractivity contribution < 1.29 is 9.59 Å². The summed E-state index contributed by atoms with van der Waals surface area (Å²) in [6, 6.07) is 4.71. The van der Waals surface area contributed by atoms with Crippen LogP contribution < -0.4 is 10.6 Å². The molecule has 0 aliphatic heterocycles. The molecule has 1 aliphatic rings. The monoisotopic (exact) mass is 344 g/mol. The minimum Gasteiger partial charge on any atom is -0.352 e. The van der Waals surface area contributed by atoms with Crippen LogP contribution in [0.15, 0.2) is 22.7 Å². The fourth-order valence-corrected chi connectivity index (χ4v) is 2.13. The highest BCUT2D eigenvalue weighted by molar-refractivity contribution is 9.10. The van der Waals surface area contributed by atoms with Gasteiger partial charge in [-0.05, 0) is 38.0 Å². The van der Waals surface area contributed by atoms with E-state index in [9.17, 15) is 9.59 Å². The quantitative estimate of drug-likeness (QED) is 0.881. The van der Waals surface area contributed by atoms with Gasteiger partial charge in [0.05, 0.1) is 10.6 Å². The van der Waals surface area contributed by atoms with E-state index in [4.69, 9.17) is 11.6 Å². The summed E-state index contributed by atoms with van der Waals surface area (Å²) in [6.45, 7) is 1.65. The Hall–Kier alpha value is -1.07. The zero-order chi connectivity index (χ0) is 14.0. The summed E-state index contributed by atoms with van der Waals surface area (Å²) in [6.07, 6.45) is 2.04. The van der Waals surface area contributed by atoms with Crippen molar-refractivity contribution in [3.05, 3.63) is 33.3 Å². The van der Waals surface area contributed by atoms with Crippen LogP contribution in [0.2, 0.25) is 5.02 Å². The number of carbonyl (C=O) groups is 2. The second-order valence-corrected chi connectivity index (χ2v) is 5.93. The van der Waals surface area contributed by atoms with Gasteiger partial charge < -0.3 is 10.6 Å². The van der Waals surface area contributed by atoms with Crippen LogP contribution in [-0.2, 0) is 4.79 Å². The molecule has 0 aromatic heterocycles. The SMILES string of the molecule is CC(NC(=O)c1cc(Br)ccc1Cl)C(=O)NC1CC1. The van der Waals surface area contributed by atoms with E-state index in [1.165, 1.54) is 0 Å². The molecule has 6 heteroatoms. The lowest BCUT2D eigenvalue weighted by molar-refractivity contribution is -0.122. The standard InChI is InChI=1S/C13H14BrClN2O2/c1-7(12(18)17-9-3-4-9)16-13(19)10-6-8(14)2-5-11(10)15/h2,5-7,9H,3-4H2,1H3,(H,16,19)(H,17,18). The van der Waals surface area contributed by atoms with E-state index in [0.717, 1.165) is 17.3 Å². The summed E-state index contributed by atoms with van der Waals surface area (Å²) < 4.78 is 0.761. The largest absolute Gasteiger partial charge is 0.352 e. The van der Waals surface area contributed by atoms with Gasteiger partial charge in [-0.25, -0.2) is 0 Å². The van der Waals surface area contributed by atoms with Gasteiger partial charge in [0.15, 0.2) is 0 Å². The van der Waals surface area contributed by atoms with Crippen molar-refractivity contribution in [1.29, 1.82) is 0 Å². The van der Waals surface area contributed by atoms with Crippen molar-refractivity contribution in [2.75, 3.05) is 0 Å². The molecule has 1 aliphatic carbocycles. The van der Waals surface area contributed by atoms with Gasteiger partial charge in [-0.3, -0.25) is 9.59 Å². The second-order valence-electron chi connectivity index (χ2n) is 4.60. The van der Waals surface area contributed by atoms with E-state index in [-0.39, 0.29) is 17.9 Å². The number of carbonyl (C=O) groups excluding carboxylic acids is 2. The number of hydrogen-bond acceptors (Lipinski definition) is 2. The number of nitrogens with one attached hydrogen (secondary N) is 2. The van der Waals surface area contributed by atoms with Crippen molar-refractivity contribution in [2.24, 2.45) is 0 Å². The average molecular weight is 346 g/mol. The fourth-order valence-electron chi connectivity index (χ4n) is 1.57. The minimum atomic E-state index is -0.580. The number of benzene rings is 1. The third-order valence-electron chi connectivity index (χ3n) is 2.84. The van der Waals surface area contributed by atoms with Gasteiger partial charge in [0.1, 0.15) is 6.04 Å². The van der Waals surface area contributed by atoms with Crippen molar-refractivity contribution in [3.63, 3.8) is 0 Å². The number of halogens is 2. The molecule has 1 aromatic carbocycles. The molecule has 1 atom stereocenters. The molecule has 2 rings (SSSR count). The van der Waals surface area contributed by atoms with E-state index in [2.05, 4.69) is 26.6 Å². The predicted octanol–water partition coefficient (Wildman–Crippen LogP) is 2.50. The molecule has 1 unspecified atom stereocenters. The highest BCUT2D eigenvalue weighted by Crippen LogP contribution is 2.21. The summed E-state index contributed by atoms with van der Waals surface area (Å²) >= 11 is 9.25. The lowest BCUT2D eigenvalue weighted by Gasteiger charge is -2.14. The van der Waals surface area contributed by atoms with Crippen LogP contribution in [-0.4, -0.2) is 23.9 Å². The normalized spacial score (nSPS) is 15.7. The van der Waals surface area contributed by atoms with E-state index in [0.29, 0.717) is 10.6 Å². The van der Waals surface area contributed by atoms with Crippen LogP contribution in [0.4, 0.5) is 0 Å². The van der Waals surface area contributed by atoms with Gasteiger partial charge in [-0.1, -0.05) is 27.5 Å². The Kier molecular flexibility index (Phi) is 4.47. The van der Waals surface area contributed by atoms with E-state index in [1.54, 1.807) is 25.1 Å². The summed E-state index contributed by atoms with van der Waals surface area (Å²) in [4.78, 5) is 23.8. The summed E-state index contributed by atoms with van der Waals surface area (Å²) in [5, 5.41) is 5.84. The molecule has 0 bridgehead atoms. The molecule has 1 saturated carbocycles. The lowest BCUT2D eigenvalue weighted by Crippen LogP contribution is -2.45. The third kappa shape index (κ3) is 3.94. The van der Waals surface area contributed by atoms with Crippen molar-refractivity contribution >= 4 is 39.3 Å². The van der Waals surface area contributed by atoms with Crippen LogP contribution in [0.3, 0.4) is 0 Å². The highest BCUT2D eigenvalue weighted by atomic mass is 79.9. The first-order valence-corrected chi connectivity index (χ1v) is 7.21. The lowest BCUT2D eigenvalue weighted by atomic mass is 10.2. The first-order chi connectivity index (χ1) is 8.97. The van der Waals surface area contributed by atoms with Gasteiger partial charge in [-0.2, -0.15) is 0 Å². The second kappa shape index (κ2) is 5.92. The molecule has 19 heavy (non-hydrogen) atoms. The molecule has 0 heterocycles. The van der Waals surface area contributed by atoms with Gasteiger partial charge in [0, 0.05) is 10.5 Å². The van der Waals surface area contributed by atoms with Crippen LogP contribution in [0, 0.1) is 0 Å². The summed E-state index contributed by atoms with van der Waals surface area (Å²) in [5.74, 6) is -0.522. The number of rotatable bonds is 4. The summed E-state index contributed by atoms with van der Waals surface area (Å²) in [7, 11) is 0. The highest BCUT2D eigenvalue weighted by Gasteiger charge is 2.26. The summed E-state index contributed by atoms with van der Waals surface area (Å²) in [5.41, 5.74) is 0.349. The fraction of sp³-hybridized carbons (Fsp3) is 0.385. The number of hydrogen-bond donors (Lipinski definition) is 2. The molecule has 1 fully saturated rings. The average Bonchev–Trinajstić information content (AvgIpc) is 3.15. The third-order valence-corrected chi connectivity index (χ3v) is 3.66. The van der Waals surface area contributed by atoms with Gasteiger partial charge in [0.25, 0.3) is 5.91 Å². The van der Waals surface area contributed by atoms with Gasteiger partial charge >= 0.3 is 0 Å². The Labute approximate surface area is 125 Å². The Morgan fingerprint density at radius 3 is 2.74 bits per heavy atom. The Morgan fingerprint density at radius 2 is 2.11 bits per heavy atom. The van der Waals surface area contributed by atoms with E-state index < -0.39 is 6.04 Å². The zero-order valence-electron chi connectivity index (χ0n) is 10.4. The van der Waals surface area contributed by atoms with Crippen LogP contribution in [0.1, 0.15) is 30.1 Å². The maximum absolute atomic E-state index is 12.0. The Morgan fingerprint density at radius 1 is 1.42 bits per heavy atom. The molecular formula is C13H14BrClN2O2. The molecule has 2 N–H and O–H groups in total. The first-order valence-electron chi connectivity index (χ1n) is 6.03. The molecule has 1 aromatic rings. The van der Waals surface area contributed by atoms with Gasteiger partial charge in [0.2, 0.25) is 5.91 Å². The Balaban J connectivity index is 1.99. The van der Waals surface area contributed by atoms with Crippen LogP contribution in [0.25, 0.3) is 0 Å². The van der Waals surface area contributed by atoms with Crippen molar-refractivity contribution in [3.8, 4) is 0 Å². The molecule has 0 radical (unpaired) electrons. The molecule has 4 nitrogen and oxygen atoms in total. The van der Waals surface area contributed by atoms with E-state index in [1.807, 2.05) is 0 Å². The molecular weight excluding hydrogens is 332 g/mol. The Bertz CT molecular complexity index is 517. The minimum absolute atomic E-state index is 0.165. The van der Waals surface area contributed by atoms with Crippen LogP contribution >= 0.6 is 27.5 Å². The molecule has 2 amide bonds. The number of amides is 2. The maximum Gasteiger partial charge on any atom is 0.253 e. The van der Waals surface area contributed by atoms with Crippen LogP contribution in [0.5, 0.6) is 0 Å². The molecule has 0 saturated heterocycles. The van der Waals surface area contributed by atoms with Gasteiger partial charge in [-0.15, -0.1) is 0 Å². The first kappa shape index (κ1) is 14.3. The van der Waals surface area contributed by atoms with Crippen molar-refractivity contribution in [1.82, 2.24) is 10.6 Å². The van der Waals surface area contributed by atoms with Crippen molar-refractivity contribution in [2.45, 2.75) is 31.8 Å². The zero-order valence-corrected chi connectivity index (χ0v) is 12.7. The van der Waals surface area contributed by atoms with E-state index >= 15 is 0 Å².